The van der Waals surface area contributed by atoms with Crippen molar-refractivity contribution in [1.82, 2.24) is 15.0 Å². The molecule has 3 rings (SSSR count). The Balaban J connectivity index is 2.05. The van der Waals surface area contributed by atoms with Gasteiger partial charge in [0.15, 0.2) is 5.82 Å². The van der Waals surface area contributed by atoms with E-state index in [0.717, 1.165) is 16.8 Å². The van der Waals surface area contributed by atoms with Gasteiger partial charge in [0.2, 0.25) is 11.9 Å². The standard InChI is InChI=1S/C19H20ClN5/c1-12-5-9-15(10-6-12)21-18-22-17(23-19(24-18)25(3)4)16-11-14(20)8-7-13(16)2/h5-11H,1-4H3,(H,21,22,23,24). The van der Waals surface area contributed by atoms with Crippen LogP contribution in [-0.2, 0) is 0 Å². The van der Waals surface area contributed by atoms with Crippen LogP contribution < -0.4 is 10.2 Å². The van der Waals surface area contributed by atoms with E-state index in [2.05, 4.69) is 27.2 Å². The third-order valence-corrected chi connectivity index (χ3v) is 4.01. The van der Waals surface area contributed by atoms with E-state index >= 15 is 0 Å². The molecular weight excluding hydrogens is 334 g/mol. The molecular formula is C19H20ClN5. The molecule has 0 amide bonds. The van der Waals surface area contributed by atoms with Gasteiger partial charge in [-0.1, -0.05) is 35.4 Å². The van der Waals surface area contributed by atoms with Crippen molar-refractivity contribution in [2.75, 3.05) is 24.3 Å². The van der Waals surface area contributed by atoms with Gasteiger partial charge < -0.3 is 10.2 Å². The van der Waals surface area contributed by atoms with Crippen LogP contribution in [0.5, 0.6) is 0 Å². The average molecular weight is 354 g/mol. The highest BCUT2D eigenvalue weighted by molar-refractivity contribution is 6.30. The molecule has 6 heteroatoms. The molecule has 0 fully saturated rings. The number of halogens is 1. The van der Waals surface area contributed by atoms with Crippen LogP contribution in [-0.4, -0.2) is 29.0 Å². The van der Waals surface area contributed by atoms with Crippen LogP contribution >= 0.6 is 11.6 Å². The fourth-order valence-electron chi connectivity index (χ4n) is 2.34. The Morgan fingerprint density at radius 3 is 2.32 bits per heavy atom. The minimum Gasteiger partial charge on any atom is -0.347 e. The zero-order valence-corrected chi connectivity index (χ0v) is 15.5. The maximum absolute atomic E-state index is 6.16. The summed E-state index contributed by atoms with van der Waals surface area (Å²) in [4.78, 5) is 15.5. The van der Waals surface area contributed by atoms with E-state index in [4.69, 9.17) is 11.6 Å². The topological polar surface area (TPSA) is 53.9 Å². The highest BCUT2D eigenvalue weighted by Gasteiger charge is 2.12. The Hall–Kier alpha value is -2.66. The molecule has 0 saturated heterocycles. The highest BCUT2D eigenvalue weighted by atomic mass is 35.5. The number of rotatable bonds is 4. The van der Waals surface area contributed by atoms with Crippen LogP contribution in [0.25, 0.3) is 11.4 Å². The lowest BCUT2D eigenvalue weighted by Crippen LogP contribution is -2.15. The smallest absolute Gasteiger partial charge is 0.232 e. The monoisotopic (exact) mass is 353 g/mol. The highest BCUT2D eigenvalue weighted by Crippen LogP contribution is 2.26. The summed E-state index contributed by atoms with van der Waals surface area (Å²) < 4.78 is 0. The second kappa shape index (κ2) is 7.07. The quantitative estimate of drug-likeness (QED) is 0.741. The van der Waals surface area contributed by atoms with Crippen molar-refractivity contribution in [3.63, 3.8) is 0 Å². The van der Waals surface area contributed by atoms with Crippen LogP contribution in [0.3, 0.4) is 0 Å². The van der Waals surface area contributed by atoms with E-state index in [1.807, 2.05) is 68.4 Å². The van der Waals surface area contributed by atoms with Gasteiger partial charge in [0, 0.05) is 30.4 Å². The largest absolute Gasteiger partial charge is 0.347 e. The van der Waals surface area contributed by atoms with E-state index in [1.54, 1.807) is 0 Å². The first-order valence-corrected chi connectivity index (χ1v) is 8.34. The molecule has 0 radical (unpaired) electrons. The molecule has 0 bridgehead atoms. The lowest BCUT2D eigenvalue weighted by Gasteiger charge is -2.14. The predicted octanol–water partition coefficient (Wildman–Crippen LogP) is 4.62. The summed E-state index contributed by atoms with van der Waals surface area (Å²) in [6.07, 6.45) is 0. The number of aromatic nitrogens is 3. The number of nitrogens with zero attached hydrogens (tertiary/aromatic N) is 4. The Kier molecular flexibility index (Phi) is 4.86. The van der Waals surface area contributed by atoms with Crippen molar-refractivity contribution >= 4 is 29.2 Å². The van der Waals surface area contributed by atoms with Crippen molar-refractivity contribution in [3.8, 4) is 11.4 Å². The lowest BCUT2D eigenvalue weighted by molar-refractivity contribution is 0.965. The molecule has 1 heterocycles. The van der Waals surface area contributed by atoms with Gasteiger partial charge in [-0.25, -0.2) is 0 Å². The Morgan fingerprint density at radius 2 is 1.64 bits per heavy atom. The third kappa shape index (κ3) is 4.06. The minimum absolute atomic E-state index is 0.497. The zero-order chi connectivity index (χ0) is 18.0. The number of anilines is 3. The average Bonchev–Trinajstić information content (AvgIpc) is 2.59. The molecule has 0 aliphatic heterocycles. The van der Waals surface area contributed by atoms with Gasteiger partial charge >= 0.3 is 0 Å². The molecule has 5 nitrogen and oxygen atoms in total. The molecule has 25 heavy (non-hydrogen) atoms. The first-order valence-electron chi connectivity index (χ1n) is 7.96. The van der Waals surface area contributed by atoms with Gasteiger partial charge in [-0.3, -0.25) is 0 Å². The van der Waals surface area contributed by atoms with Crippen molar-refractivity contribution < 1.29 is 0 Å². The number of benzene rings is 2. The fourth-order valence-corrected chi connectivity index (χ4v) is 2.51. The van der Waals surface area contributed by atoms with Crippen molar-refractivity contribution in [1.29, 1.82) is 0 Å². The molecule has 0 atom stereocenters. The van der Waals surface area contributed by atoms with Gasteiger partial charge in [-0.2, -0.15) is 15.0 Å². The molecule has 3 aromatic rings. The first-order chi connectivity index (χ1) is 11.9. The van der Waals surface area contributed by atoms with Crippen molar-refractivity contribution in [2.24, 2.45) is 0 Å². The van der Waals surface area contributed by atoms with E-state index in [1.165, 1.54) is 5.56 Å². The van der Waals surface area contributed by atoms with Crippen molar-refractivity contribution in [3.05, 3.63) is 58.6 Å². The summed E-state index contributed by atoms with van der Waals surface area (Å²) >= 11 is 6.16. The van der Waals surface area contributed by atoms with E-state index in [0.29, 0.717) is 22.7 Å². The van der Waals surface area contributed by atoms with Crippen LogP contribution in [0, 0.1) is 13.8 Å². The summed E-state index contributed by atoms with van der Waals surface area (Å²) in [7, 11) is 3.80. The lowest BCUT2D eigenvalue weighted by atomic mass is 10.1. The molecule has 0 unspecified atom stereocenters. The molecule has 128 valence electrons. The first kappa shape index (κ1) is 17.2. The van der Waals surface area contributed by atoms with Gasteiger partial charge in [-0.15, -0.1) is 0 Å². The van der Waals surface area contributed by atoms with Gasteiger partial charge in [0.1, 0.15) is 0 Å². The fraction of sp³-hybridized carbons (Fsp3) is 0.211. The molecule has 0 spiro atoms. The van der Waals surface area contributed by atoms with Crippen LogP contribution in [0.4, 0.5) is 17.6 Å². The maximum atomic E-state index is 6.16. The summed E-state index contributed by atoms with van der Waals surface area (Å²) in [5, 5.41) is 3.90. The molecule has 0 aliphatic carbocycles. The third-order valence-electron chi connectivity index (χ3n) is 3.77. The van der Waals surface area contributed by atoms with Crippen LogP contribution in [0.15, 0.2) is 42.5 Å². The minimum atomic E-state index is 0.497. The molecule has 1 N–H and O–H groups in total. The van der Waals surface area contributed by atoms with E-state index in [-0.39, 0.29) is 0 Å². The summed E-state index contributed by atoms with van der Waals surface area (Å²) in [5.41, 5.74) is 4.08. The van der Waals surface area contributed by atoms with Crippen LogP contribution in [0.2, 0.25) is 5.02 Å². The van der Waals surface area contributed by atoms with Gasteiger partial charge in [0.05, 0.1) is 0 Å². The van der Waals surface area contributed by atoms with Gasteiger partial charge in [-0.05, 0) is 43.7 Å². The summed E-state index contributed by atoms with van der Waals surface area (Å²) in [5.74, 6) is 1.67. The maximum Gasteiger partial charge on any atom is 0.232 e. The van der Waals surface area contributed by atoms with Crippen molar-refractivity contribution in [2.45, 2.75) is 13.8 Å². The normalized spacial score (nSPS) is 10.6. The summed E-state index contributed by atoms with van der Waals surface area (Å²) in [6, 6.07) is 13.8. The summed E-state index contributed by atoms with van der Waals surface area (Å²) in [6.45, 7) is 4.06. The van der Waals surface area contributed by atoms with Gasteiger partial charge in [0.25, 0.3) is 0 Å². The molecule has 2 aromatic carbocycles. The second-order valence-corrected chi connectivity index (χ2v) is 6.56. The Labute approximate surface area is 152 Å². The number of aryl methyl sites for hydroxylation is 2. The number of hydrogen-bond donors (Lipinski definition) is 1. The zero-order valence-electron chi connectivity index (χ0n) is 14.7. The molecule has 0 saturated carbocycles. The molecule has 1 aromatic heterocycles. The van der Waals surface area contributed by atoms with E-state index in [9.17, 15) is 0 Å². The van der Waals surface area contributed by atoms with Crippen LogP contribution in [0.1, 0.15) is 11.1 Å². The SMILES string of the molecule is Cc1ccc(Nc2nc(-c3cc(Cl)ccc3C)nc(N(C)C)n2)cc1. The van der Waals surface area contributed by atoms with E-state index < -0.39 is 0 Å². The predicted molar refractivity (Wildman–Crippen MR) is 104 cm³/mol. The molecule has 0 aliphatic rings. The number of hydrogen-bond acceptors (Lipinski definition) is 5. The second-order valence-electron chi connectivity index (χ2n) is 6.13. The number of nitrogens with one attached hydrogen (secondary N) is 1. The Bertz CT molecular complexity index is 891. The Morgan fingerprint density at radius 1 is 0.920 bits per heavy atom.